The Labute approximate surface area is 115 Å². The average Bonchev–Trinajstić information content (AvgIpc) is 2.48. The van der Waals surface area contributed by atoms with Crippen LogP contribution in [-0.4, -0.2) is 44.0 Å². The first kappa shape index (κ1) is 13.7. The minimum absolute atomic E-state index is 0.785. The molecule has 0 aliphatic carbocycles. The molecule has 0 atom stereocenters. The molecule has 0 bridgehead atoms. The van der Waals surface area contributed by atoms with Crippen molar-refractivity contribution in [2.24, 2.45) is 0 Å². The Morgan fingerprint density at radius 2 is 2.00 bits per heavy atom. The van der Waals surface area contributed by atoms with Crippen LogP contribution in [-0.2, 0) is 0 Å². The monoisotopic (exact) mass is 261 g/mol. The molecule has 0 aromatic heterocycles. The molecule has 0 unspecified atom stereocenters. The molecule has 1 aromatic carbocycles. The third-order valence-corrected chi connectivity index (χ3v) is 3.57. The fraction of sp³-hybridized carbons (Fsp3) is 0.533. The van der Waals surface area contributed by atoms with E-state index >= 15 is 0 Å². The Hall–Kier alpha value is -1.71. The van der Waals surface area contributed by atoms with Gasteiger partial charge in [0.15, 0.2) is 0 Å². The van der Waals surface area contributed by atoms with Crippen LogP contribution >= 0.6 is 0 Å². The van der Waals surface area contributed by atoms with Crippen LogP contribution in [0.15, 0.2) is 24.3 Å². The molecule has 1 aromatic rings. The Balaban J connectivity index is 1.94. The molecule has 1 fully saturated rings. The van der Waals surface area contributed by atoms with Crippen molar-refractivity contribution in [1.82, 2.24) is 4.90 Å². The van der Waals surface area contributed by atoms with E-state index in [0.29, 0.717) is 0 Å². The molecule has 0 saturated carbocycles. The lowest BCUT2D eigenvalue weighted by atomic mass is 10.2. The average molecular weight is 261 g/mol. The lowest BCUT2D eigenvalue weighted by Gasteiger charge is -2.37. The minimum atomic E-state index is 0.785. The van der Waals surface area contributed by atoms with Gasteiger partial charge in [0.25, 0.3) is 0 Å². The molecule has 1 aliphatic rings. The third-order valence-electron chi connectivity index (χ3n) is 3.57. The zero-order chi connectivity index (χ0) is 13.7. The number of nitrogens with one attached hydrogen (secondary N) is 1. The van der Waals surface area contributed by atoms with Crippen LogP contribution in [0.1, 0.15) is 19.8 Å². The Morgan fingerprint density at radius 1 is 1.26 bits per heavy atom. The fourth-order valence-electron chi connectivity index (χ4n) is 2.44. The van der Waals surface area contributed by atoms with Crippen molar-refractivity contribution in [3.63, 3.8) is 0 Å². The number of amidine groups is 1. The van der Waals surface area contributed by atoms with Gasteiger partial charge in [-0.2, -0.15) is 0 Å². The van der Waals surface area contributed by atoms with Crippen LogP contribution < -0.4 is 9.64 Å². The number of piperazine rings is 1. The summed E-state index contributed by atoms with van der Waals surface area (Å²) in [6.45, 7) is 5.95. The molecule has 4 nitrogen and oxygen atoms in total. The van der Waals surface area contributed by atoms with E-state index in [2.05, 4.69) is 28.9 Å². The molecule has 1 heterocycles. The van der Waals surface area contributed by atoms with Gasteiger partial charge in [-0.15, -0.1) is 0 Å². The second-order valence-corrected chi connectivity index (χ2v) is 4.87. The number of hydrogen-bond acceptors (Lipinski definition) is 3. The van der Waals surface area contributed by atoms with Gasteiger partial charge in [0, 0.05) is 44.4 Å². The summed E-state index contributed by atoms with van der Waals surface area (Å²) in [4.78, 5) is 4.55. The van der Waals surface area contributed by atoms with Crippen LogP contribution in [0.2, 0.25) is 0 Å². The highest BCUT2D eigenvalue weighted by Crippen LogP contribution is 2.22. The van der Waals surface area contributed by atoms with Gasteiger partial charge in [-0.25, -0.2) is 0 Å². The van der Waals surface area contributed by atoms with E-state index in [1.54, 1.807) is 7.11 Å². The summed E-state index contributed by atoms with van der Waals surface area (Å²) in [5.74, 6) is 1.69. The number of ether oxygens (including phenoxy) is 1. The summed E-state index contributed by atoms with van der Waals surface area (Å²) in [5.41, 5.74) is 1.21. The van der Waals surface area contributed by atoms with Gasteiger partial charge in [0.2, 0.25) is 0 Å². The van der Waals surface area contributed by atoms with E-state index in [0.717, 1.165) is 50.6 Å². The second kappa shape index (κ2) is 6.45. The molecule has 1 saturated heterocycles. The molecule has 104 valence electrons. The number of rotatable bonds is 4. The first-order valence-corrected chi connectivity index (χ1v) is 6.96. The lowest BCUT2D eigenvalue weighted by molar-refractivity contribution is 0.375. The van der Waals surface area contributed by atoms with Crippen LogP contribution in [0, 0.1) is 5.41 Å². The van der Waals surface area contributed by atoms with Crippen LogP contribution in [0.5, 0.6) is 5.75 Å². The lowest BCUT2D eigenvalue weighted by Crippen LogP contribution is -2.48. The molecule has 4 heteroatoms. The smallest absolute Gasteiger partial charge is 0.120 e. The van der Waals surface area contributed by atoms with Crippen molar-refractivity contribution in [1.29, 1.82) is 5.41 Å². The molecule has 1 aliphatic heterocycles. The summed E-state index contributed by atoms with van der Waals surface area (Å²) >= 11 is 0. The van der Waals surface area contributed by atoms with Crippen LogP contribution in [0.4, 0.5) is 5.69 Å². The third kappa shape index (κ3) is 3.40. The first-order valence-electron chi connectivity index (χ1n) is 6.96. The second-order valence-electron chi connectivity index (χ2n) is 4.87. The normalized spacial score (nSPS) is 15.5. The molecule has 19 heavy (non-hydrogen) atoms. The Morgan fingerprint density at radius 3 is 2.63 bits per heavy atom. The summed E-state index contributed by atoms with van der Waals surface area (Å²) in [6, 6.07) is 8.19. The van der Waals surface area contributed by atoms with Crippen molar-refractivity contribution < 1.29 is 4.74 Å². The summed E-state index contributed by atoms with van der Waals surface area (Å²) in [7, 11) is 1.70. The van der Waals surface area contributed by atoms with Gasteiger partial charge in [-0.05, 0) is 18.6 Å². The predicted octanol–water partition coefficient (Wildman–Crippen LogP) is 2.59. The fourth-order valence-corrected chi connectivity index (χ4v) is 2.44. The maximum Gasteiger partial charge on any atom is 0.120 e. The zero-order valence-electron chi connectivity index (χ0n) is 11.9. The Kier molecular flexibility index (Phi) is 4.66. The number of benzene rings is 1. The summed E-state index contributed by atoms with van der Waals surface area (Å²) in [6.07, 6.45) is 1.94. The molecule has 0 spiro atoms. The van der Waals surface area contributed by atoms with Gasteiger partial charge in [-0.3, -0.25) is 5.41 Å². The number of nitrogens with zero attached hydrogens (tertiary/aromatic N) is 2. The summed E-state index contributed by atoms with van der Waals surface area (Å²) in [5, 5.41) is 8.00. The maximum atomic E-state index is 8.00. The number of hydrogen-bond donors (Lipinski definition) is 1. The summed E-state index contributed by atoms with van der Waals surface area (Å²) < 4.78 is 5.27. The molecule has 0 amide bonds. The number of anilines is 1. The Bertz CT molecular complexity index is 425. The highest BCUT2D eigenvalue weighted by Gasteiger charge is 2.18. The molecule has 1 N–H and O–H groups in total. The van der Waals surface area contributed by atoms with Gasteiger partial charge in [-0.1, -0.05) is 13.0 Å². The van der Waals surface area contributed by atoms with Crippen molar-refractivity contribution in [3.05, 3.63) is 24.3 Å². The van der Waals surface area contributed by atoms with Crippen molar-refractivity contribution in [2.75, 3.05) is 38.2 Å². The molecule has 2 rings (SSSR count). The topological polar surface area (TPSA) is 39.6 Å². The molecular formula is C15H23N3O. The van der Waals surface area contributed by atoms with E-state index in [-0.39, 0.29) is 0 Å². The largest absolute Gasteiger partial charge is 0.497 e. The van der Waals surface area contributed by atoms with Crippen LogP contribution in [0.3, 0.4) is 0 Å². The van der Waals surface area contributed by atoms with Gasteiger partial charge in [0.05, 0.1) is 12.9 Å². The molecular weight excluding hydrogens is 238 g/mol. The van der Waals surface area contributed by atoms with Gasteiger partial charge < -0.3 is 14.5 Å². The maximum absolute atomic E-state index is 8.00. The van der Waals surface area contributed by atoms with E-state index in [1.165, 1.54) is 5.69 Å². The van der Waals surface area contributed by atoms with Gasteiger partial charge >= 0.3 is 0 Å². The molecule has 0 radical (unpaired) electrons. The quantitative estimate of drug-likeness (QED) is 0.669. The van der Waals surface area contributed by atoms with Gasteiger partial charge in [0.1, 0.15) is 5.75 Å². The predicted molar refractivity (Wildman–Crippen MR) is 79.4 cm³/mol. The minimum Gasteiger partial charge on any atom is -0.497 e. The zero-order valence-corrected chi connectivity index (χ0v) is 11.9. The van der Waals surface area contributed by atoms with Crippen LogP contribution in [0.25, 0.3) is 0 Å². The van der Waals surface area contributed by atoms with Crippen molar-refractivity contribution >= 4 is 11.5 Å². The van der Waals surface area contributed by atoms with Crippen molar-refractivity contribution in [2.45, 2.75) is 19.8 Å². The first-order chi connectivity index (χ1) is 9.24. The standard InChI is InChI=1S/C15H23N3O/c1-3-5-15(16)18-10-8-17(9-11-18)13-6-4-7-14(12-13)19-2/h4,6-7,12,16H,3,5,8-11H2,1-2H3. The van der Waals surface area contributed by atoms with E-state index in [1.807, 2.05) is 12.1 Å². The number of methoxy groups -OCH3 is 1. The van der Waals surface area contributed by atoms with E-state index in [9.17, 15) is 0 Å². The SMILES string of the molecule is CCCC(=N)N1CCN(c2cccc(OC)c2)CC1. The highest BCUT2D eigenvalue weighted by atomic mass is 16.5. The van der Waals surface area contributed by atoms with E-state index < -0.39 is 0 Å². The highest BCUT2D eigenvalue weighted by molar-refractivity contribution is 5.79. The van der Waals surface area contributed by atoms with E-state index in [4.69, 9.17) is 10.1 Å². The van der Waals surface area contributed by atoms with Crippen molar-refractivity contribution in [3.8, 4) is 5.75 Å².